The van der Waals surface area contributed by atoms with Crippen LogP contribution in [0, 0.1) is 0 Å². The molecule has 0 amide bonds. The van der Waals surface area contributed by atoms with E-state index in [-0.39, 0.29) is 0 Å². The SMILES string of the molecule is CC(C)n1c(-c2cn(CCN)cn2)nc2ccccc21. The molecule has 1 aromatic carbocycles. The summed E-state index contributed by atoms with van der Waals surface area (Å²) in [4.78, 5) is 9.20. The lowest BCUT2D eigenvalue weighted by Crippen LogP contribution is -2.07. The summed E-state index contributed by atoms with van der Waals surface area (Å²) in [6, 6.07) is 8.52. The molecule has 0 unspecified atom stereocenters. The lowest BCUT2D eigenvalue weighted by Gasteiger charge is -2.11. The fourth-order valence-corrected chi connectivity index (χ4v) is 2.49. The first-order valence-corrected chi connectivity index (χ1v) is 6.90. The Bertz CT molecular complexity index is 723. The van der Waals surface area contributed by atoms with E-state index < -0.39 is 0 Å². The molecule has 2 aromatic heterocycles. The first-order valence-electron chi connectivity index (χ1n) is 6.90. The van der Waals surface area contributed by atoms with Crippen LogP contribution in [0.5, 0.6) is 0 Å². The summed E-state index contributed by atoms with van der Waals surface area (Å²) < 4.78 is 4.23. The van der Waals surface area contributed by atoms with Gasteiger partial charge < -0.3 is 14.9 Å². The van der Waals surface area contributed by atoms with Gasteiger partial charge in [0.25, 0.3) is 0 Å². The Hall–Kier alpha value is -2.14. The Morgan fingerprint density at radius 1 is 1.25 bits per heavy atom. The zero-order valence-corrected chi connectivity index (χ0v) is 11.8. The van der Waals surface area contributed by atoms with E-state index in [1.807, 2.05) is 35.3 Å². The fourth-order valence-electron chi connectivity index (χ4n) is 2.49. The highest BCUT2D eigenvalue weighted by Gasteiger charge is 2.16. The minimum atomic E-state index is 0.331. The smallest absolute Gasteiger partial charge is 0.161 e. The van der Waals surface area contributed by atoms with Crippen molar-refractivity contribution < 1.29 is 0 Å². The lowest BCUT2D eigenvalue weighted by molar-refractivity contribution is 0.623. The number of rotatable bonds is 4. The predicted octanol–water partition coefficient (Wildman–Crippen LogP) is 2.44. The molecular formula is C15H19N5. The van der Waals surface area contributed by atoms with E-state index in [1.165, 1.54) is 0 Å². The Morgan fingerprint density at radius 2 is 2.05 bits per heavy atom. The first-order chi connectivity index (χ1) is 9.70. The maximum absolute atomic E-state index is 5.58. The lowest BCUT2D eigenvalue weighted by atomic mass is 10.3. The standard InChI is InChI=1S/C15H19N5/c1-11(2)20-14-6-4-3-5-12(14)18-15(20)13-9-19(8-7-16)10-17-13/h3-6,9-11H,7-8,16H2,1-2H3. The Morgan fingerprint density at radius 3 is 2.80 bits per heavy atom. The van der Waals surface area contributed by atoms with Crippen LogP contribution in [-0.4, -0.2) is 25.6 Å². The van der Waals surface area contributed by atoms with E-state index in [1.54, 1.807) is 0 Å². The Labute approximate surface area is 118 Å². The van der Waals surface area contributed by atoms with E-state index in [2.05, 4.69) is 29.5 Å². The number of nitrogens with zero attached hydrogens (tertiary/aromatic N) is 4. The average Bonchev–Trinajstić information content (AvgIpc) is 3.02. The maximum atomic E-state index is 5.58. The number of benzene rings is 1. The van der Waals surface area contributed by atoms with Gasteiger partial charge in [0.1, 0.15) is 5.69 Å². The Balaban J connectivity index is 2.16. The van der Waals surface area contributed by atoms with Crippen LogP contribution in [0.15, 0.2) is 36.8 Å². The van der Waals surface area contributed by atoms with E-state index in [0.717, 1.165) is 29.1 Å². The molecule has 3 aromatic rings. The van der Waals surface area contributed by atoms with Crippen molar-refractivity contribution in [3.05, 3.63) is 36.8 Å². The minimum absolute atomic E-state index is 0.331. The zero-order valence-electron chi connectivity index (χ0n) is 11.8. The molecule has 3 rings (SSSR count). The van der Waals surface area contributed by atoms with Crippen molar-refractivity contribution in [1.82, 2.24) is 19.1 Å². The van der Waals surface area contributed by atoms with Gasteiger partial charge in [-0.15, -0.1) is 0 Å². The highest BCUT2D eigenvalue weighted by atomic mass is 15.1. The molecule has 2 heterocycles. The van der Waals surface area contributed by atoms with Gasteiger partial charge in [-0.05, 0) is 26.0 Å². The summed E-state index contributed by atoms with van der Waals surface area (Å²) in [6.45, 7) is 5.70. The fraction of sp³-hybridized carbons (Fsp3) is 0.333. The zero-order chi connectivity index (χ0) is 14.1. The van der Waals surface area contributed by atoms with Gasteiger partial charge in [0.15, 0.2) is 5.82 Å². The van der Waals surface area contributed by atoms with Gasteiger partial charge in [0, 0.05) is 25.3 Å². The van der Waals surface area contributed by atoms with Crippen molar-refractivity contribution in [1.29, 1.82) is 0 Å². The van der Waals surface area contributed by atoms with Crippen LogP contribution in [0.4, 0.5) is 0 Å². The molecule has 20 heavy (non-hydrogen) atoms. The largest absolute Gasteiger partial charge is 0.335 e. The molecular weight excluding hydrogens is 250 g/mol. The van der Waals surface area contributed by atoms with Crippen LogP contribution in [0.25, 0.3) is 22.6 Å². The van der Waals surface area contributed by atoms with Crippen molar-refractivity contribution in [3.8, 4) is 11.5 Å². The number of fused-ring (bicyclic) bond motifs is 1. The van der Waals surface area contributed by atoms with Crippen molar-refractivity contribution in [2.75, 3.05) is 6.54 Å². The second-order valence-electron chi connectivity index (χ2n) is 5.17. The number of imidazole rings is 2. The minimum Gasteiger partial charge on any atom is -0.335 e. The second-order valence-corrected chi connectivity index (χ2v) is 5.17. The van der Waals surface area contributed by atoms with Crippen molar-refractivity contribution in [2.24, 2.45) is 5.73 Å². The molecule has 0 fully saturated rings. The third-order valence-corrected chi connectivity index (χ3v) is 3.36. The normalized spacial score (nSPS) is 11.6. The summed E-state index contributed by atoms with van der Waals surface area (Å²) in [5.74, 6) is 0.914. The molecule has 0 bridgehead atoms. The molecule has 0 aliphatic heterocycles. The quantitative estimate of drug-likeness (QED) is 0.791. The molecule has 0 saturated heterocycles. The van der Waals surface area contributed by atoms with Crippen LogP contribution in [0.1, 0.15) is 19.9 Å². The summed E-state index contributed by atoms with van der Waals surface area (Å²) >= 11 is 0. The van der Waals surface area contributed by atoms with Gasteiger partial charge in [-0.2, -0.15) is 0 Å². The van der Waals surface area contributed by atoms with Gasteiger partial charge in [-0.25, -0.2) is 9.97 Å². The van der Waals surface area contributed by atoms with E-state index in [4.69, 9.17) is 10.7 Å². The maximum Gasteiger partial charge on any atom is 0.161 e. The molecule has 0 aliphatic rings. The van der Waals surface area contributed by atoms with E-state index >= 15 is 0 Å². The molecule has 2 N–H and O–H groups in total. The van der Waals surface area contributed by atoms with Crippen LogP contribution in [-0.2, 0) is 6.54 Å². The van der Waals surface area contributed by atoms with Crippen LogP contribution in [0.2, 0.25) is 0 Å². The van der Waals surface area contributed by atoms with Gasteiger partial charge in [-0.3, -0.25) is 0 Å². The summed E-state index contributed by atoms with van der Waals surface area (Å²) in [7, 11) is 0. The van der Waals surface area contributed by atoms with E-state index in [0.29, 0.717) is 12.6 Å². The highest BCUT2D eigenvalue weighted by Crippen LogP contribution is 2.27. The molecule has 0 aliphatic carbocycles. The number of hydrogen-bond donors (Lipinski definition) is 1. The number of nitrogens with two attached hydrogens (primary N) is 1. The summed E-state index contributed by atoms with van der Waals surface area (Å²) in [5, 5.41) is 0. The number of para-hydroxylation sites is 2. The van der Waals surface area contributed by atoms with Crippen molar-refractivity contribution >= 4 is 11.0 Å². The van der Waals surface area contributed by atoms with Gasteiger partial charge in [0.2, 0.25) is 0 Å². The summed E-state index contributed by atoms with van der Waals surface area (Å²) in [6.07, 6.45) is 3.82. The molecule has 0 saturated carbocycles. The van der Waals surface area contributed by atoms with Crippen LogP contribution < -0.4 is 5.73 Å². The van der Waals surface area contributed by atoms with Crippen LogP contribution in [0.3, 0.4) is 0 Å². The Kier molecular flexibility index (Phi) is 3.28. The number of hydrogen-bond acceptors (Lipinski definition) is 3. The van der Waals surface area contributed by atoms with Crippen molar-refractivity contribution in [3.63, 3.8) is 0 Å². The number of aromatic nitrogens is 4. The van der Waals surface area contributed by atoms with E-state index in [9.17, 15) is 0 Å². The molecule has 0 radical (unpaired) electrons. The monoisotopic (exact) mass is 269 g/mol. The summed E-state index contributed by atoms with van der Waals surface area (Å²) in [5.41, 5.74) is 8.62. The topological polar surface area (TPSA) is 61.7 Å². The second kappa shape index (κ2) is 5.09. The third-order valence-electron chi connectivity index (χ3n) is 3.36. The van der Waals surface area contributed by atoms with Gasteiger partial charge >= 0.3 is 0 Å². The molecule has 0 spiro atoms. The van der Waals surface area contributed by atoms with Gasteiger partial charge in [0.05, 0.1) is 17.4 Å². The molecule has 0 atom stereocenters. The highest BCUT2D eigenvalue weighted by molar-refractivity contribution is 5.80. The van der Waals surface area contributed by atoms with Crippen molar-refractivity contribution in [2.45, 2.75) is 26.4 Å². The predicted molar refractivity (Wildman–Crippen MR) is 80.4 cm³/mol. The molecule has 5 nitrogen and oxygen atoms in total. The average molecular weight is 269 g/mol. The molecule has 104 valence electrons. The molecule has 5 heteroatoms. The van der Waals surface area contributed by atoms with Gasteiger partial charge in [-0.1, -0.05) is 12.1 Å². The van der Waals surface area contributed by atoms with Crippen LogP contribution >= 0.6 is 0 Å². The first kappa shape index (κ1) is 12.9. The third kappa shape index (κ3) is 2.10.